The van der Waals surface area contributed by atoms with Crippen molar-refractivity contribution in [1.82, 2.24) is 24.8 Å². The molecular formula is C25H18ClN7O3S. The number of methoxy groups -OCH3 is 1. The van der Waals surface area contributed by atoms with Crippen LogP contribution in [0, 0.1) is 18.3 Å². The molecule has 184 valence electrons. The number of nitrogens with one attached hydrogen (secondary N) is 1. The van der Waals surface area contributed by atoms with E-state index in [0.29, 0.717) is 45.5 Å². The maximum Gasteiger partial charge on any atom is 0.273 e. The lowest BCUT2D eigenvalue weighted by Gasteiger charge is -2.15. The molecule has 10 nitrogen and oxygen atoms in total. The number of pyridine rings is 3. The summed E-state index contributed by atoms with van der Waals surface area (Å²) in [7, 11) is 1.52. The predicted octanol–water partition coefficient (Wildman–Crippen LogP) is 4.25. The van der Waals surface area contributed by atoms with Crippen LogP contribution >= 0.6 is 22.9 Å². The second kappa shape index (κ2) is 9.93. The number of fused-ring (bicyclic) bond motifs is 1. The van der Waals surface area contributed by atoms with Crippen LogP contribution in [0.15, 0.2) is 42.7 Å². The van der Waals surface area contributed by atoms with Crippen molar-refractivity contribution >= 4 is 39.9 Å². The number of aromatic nitrogens is 4. The molecule has 5 rings (SSSR count). The Kier molecular flexibility index (Phi) is 6.52. The van der Waals surface area contributed by atoms with Gasteiger partial charge in [0.2, 0.25) is 0 Å². The van der Waals surface area contributed by atoms with Gasteiger partial charge in [-0.15, -0.1) is 0 Å². The molecule has 1 N–H and O–H groups in total. The van der Waals surface area contributed by atoms with E-state index in [2.05, 4.69) is 25.3 Å². The second-order valence-corrected chi connectivity index (χ2v) is 9.57. The molecule has 0 atom stereocenters. The number of halogens is 1. The molecule has 4 aromatic rings. The minimum absolute atomic E-state index is 0.180. The van der Waals surface area contributed by atoms with E-state index in [1.807, 2.05) is 13.0 Å². The van der Waals surface area contributed by atoms with Crippen LogP contribution < -0.4 is 10.1 Å². The van der Waals surface area contributed by atoms with Gasteiger partial charge >= 0.3 is 0 Å². The third kappa shape index (κ3) is 4.84. The standard InChI is InChI=1S/C25H18ClN7O3S/c1-13-6-15(16-7-22(26)29-10-20(16)36-2)17(9-28-13)23(34)32-25-31-19-11-33(12-21(19)37-25)24(35)18-5-3-4-14(8-27)30-18/h3-7,9-10H,11-12H2,1-2H3,(H,31,32,34). The third-order valence-corrected chi connectivity index (χ3v) is 6.88. The van der Waals surface area contributed by atoms with Crippen LogP contribution in [0.2, 0.25) is 5.15 Å². The largest absolute Gasteiger partial charge is 0.494 e. The van der Waals surface area contributed by atoms with Gasteiger partial charge in [-0.3, -0.25) is 19.9 Å². The molecule has 37 heavy (non-hydrogen) atoms. The van der Waals surface area contributed by atoms with Crippen LogP contribution in [0.5, 0.6) is 5.75 Å². The van der Waals surface area contributed by atoms with E-state index in [0.717, 1.165) is 4.88 Å². The molecule has 0 saturated heterocycles. The first-order valence-electron chi connectivity index (χ1n) is 11.0. The quantitative estimate of drug-likeness (QED) is 0.378. The van der Waals surface area contributed by atoms with E-state index in [1.165, 1.54) is 30.8 Å². The van der Waals surface area contributed by atoms with Gasteiger partial charge in [-0.2, -0.15) is 5.26 Å². The molecule has 4 aromatic heterocycles. The smallest absolute Gasteiger partial charge is 0.273 e. The first kappa shape index (κ1) is 24.3. The fourth-order valence-corrected chi connectivity index (χ4v) is 5.07. The normalized spacial score (nSPS) is 12.1. The van der Waals surface area contributed by atoms with Gasteiger partial charge in [0.05, 0.1) is 42.5 Å². The Morgan fingerprint density at radius 2 is 2.00 bits per heavy atom. The summed E-state index contributed by atoms with van der Waals surface area (Å²) >= 11 is 7.42. The van der Waals surface area contributed by atoms with E-state index in [9.17, 15) is 9.59 Å². The van der Waals surface area contributed by atoms with Crippen molar-refractivity contribution in [2.24, 2.45) is 0 Å². The molecule has 2 amide bonds. The maximum absolute atomic E-state index is 13.3. The highest BCUT2D eigenvalue weighted by Crippen LogP contribution is 2.35. The Hall–Kier alpha value is -4.40. The van der Waals surface area contributed by atoms with Crippen molar-refractivity contribution in [3.8, 4) is 22.9 Å². The Morgan fingerprint density at radius 3 is 2.76 bits per heavy atom. The van der Waals surface area contributed by atoms with Gasteiger partial charge in [0.25, 0.3) is 11.8 Å². The minimum Gasteiger partial charge on any atom is -0.494 e. The Labute approximate surface area is 220 Å². The van der Waals surface area contributed by atoms with Crippen LogP contribution in [0.1, 0.15) is 42.8 Å². The van der Waals surface area contributed by atoms with Crippen LogP contribution in [-0.4, -0.2) is 43.8 Å². The first-order chi connectivity index (χ1) is 17.9. The molecule has 0 aromatic carbocycles. The van der Waals surface area contributed by atoms with Crippen molar-refractivity contribution in [1.29, 1.82) is 5.26 Å². The number of amides is 2. The molecule has 0 aliphatic carbocycles. The summed E-state index contributed by atoms with van der Waals surface area (Å²) in [6, 6.07) is 10.1. The van der Waals surface area contributed by atoms with E-state index in [4.69, 9.17) is 21.6 Å². The van der Waals surface area contributed by atoms with E-state index in [-0.39, 0.29) is 29.0 Å². The molecule has 12 heteroatoms. The van der Waals surface area contributed by atoms with Gasteiger partial charge in [-0.05, 0) is 31.2 Å². The third-order valence-electron chi connectivity index (χ3n) is 5.67. The first-order valence-corrected chi connectivity index (χ1v) is 12.2. The zero-order valence-electron chi connectivity index (χ0n) is 19.6. The highest BCUT2D eigenvalue weighted by Gasteiger charge is 2.29. The average molecular weight is 532 g/mol. The summed E-state index contributed by atoms with van der Waals surface area (Å²) in [5.74, 6) is -0.208. The number of carbonyl (C=O) groups is 2. The number of anilines is 1. The number of nitriles is 1. The van der Waals surface area contributed by atoms with E-state index >= 15 is 0 Å². The lowest BCUT2D eigenvalue weighted by Crippen LogP contribution is -2.26. The van der Waals surface area contributed by atoms with Crippen LogP contribution in [0.3, 0.4) is 0 Å². The second-order valence-electron chi connectivity index (χ2n) is 8.10. The Morgan fingerprint density at radius 1 is 1.16 bits per heavy atom. The van der Waals surface area contributed by atoms with Gasteiger partial charge in [0.15, 0.2) is 5.13 Å². The molecule has 1 aliphatic rings. The number of carbonyl (C=O) groups excluding carboxylic acids is 2. The zero-order chi connectivity index (χ0) is 26.1. The number of hydrogen-bond donors (Lipinski definition) is 1. The number of hydrogen-bond acceptors (Lipinski definition) is 9. The molecule has 1 aliphatic heterocycles. The summed E-state index contributed by atoms with van der Waals surface area (Å²) in [5.41, 5.74) is 3.33. The summed E-state index contributed by atoms with van der Waals surface area (Å²) in [5, 5.41) is 12.6. The lowest BCUT2D eigenvalue weighted by molar-refractivity contribution is 0.0744. The maximum atomic E-state index is 13.3. The zero-order valence-corrected chi connectivity index (χ0v) is 21.2. The molecule has 0 bridgehead atoms. The number of ether oxygens (including phenoxy) is 1. The van der Waals surface area contributed by atoms with Gasteiger partial charge in [-0.1, -0.05) is 29.0 Å². The summed E-state index contributed by atoms with van der Waals surface area (Å²) in [6.45, 7) is 2.44. The van der Waals surface area contributed by atoms with Crippen molar-refractivity contribution in [2.75, 3.05) is 12.4 Å². The summed E-state index contributed by atoms with van der Waals surface area (Å²) in [4.78, 5) is 45.5. The Balaban J connectivity index is 1.35. The average Bonchev–Trinajstić information content (AvgIpc) is 3.47. The van der Waals surface area contributed by atoms with E-state index < -0.39 is 5.91 Å². The molecule has 0 spiro atoms. The molecule has 0 saturated carbocycles. The van der Waals surface area contributed by atoms with Gasteiger partial charge in [-0.25, -0.2) is 15.0 Å². The van der Waals surface area contributed by atoms with E-state index in [1.54, 1.807) is 35.2 Å². The van der Waals surface area contributed by atoms with Gasteiger partial charge in [0, 0.05) is 23.0 Å². The molecule has 0 fully saturated rings. The van der Waals surface area contributed by atoms with Gasteiger partial charge in [0.1, 0.15) is 28.4 Å². The summed E-state index contributed by atoms with van der Waals surface area (Å²) in [6.07, 6.45) is 3.00. The fourth-order valence-electron chi connectivity index (χ4n) is 3.93. The topological polar surface area (TPSA) is 134 Å². The van der Waals surface area contributed by atoms with Crippen LogP contribution in [-0.2, 0) is 13.1 Å². The number of aryl methyl sites for hydroxylation is 1. The van der Waals surface area contributed by atoms with Crippen molar-refractivity contribution in [2.45, 2.75) is 20.0 Å². The predicted molar refractivity (Wildman–Crippen MR) is 136 cm³/mol. The Bertz CT molecular complexity index is 1570. The number of nitrogens with zero attached hydrogens (tertiary/aromatic N) is 6. The molecule has 5 heterocycles. The number of rotatable bonds is 5. The highest BCUT2D eigenvalue weighted by molar-refractivity contribution is 7.16. The van der Waals surface area contributed by atoms with Crippen molar-refractivity contribution < 1.29 is 14.3 Å². The fraction of sp³-hybridized carbons (Fsp3) is 0.160. The minimum atomic E-state index is -0.393. The lowest BCUT2D eigenvalue weighted by atomic mass is 10.0. The molecular weight excluding hydrogens is 514 g/mol. The number of thiazole rings is 1. The monoisotopic (exact) mass is 531 g/mol. The molecule has 0 radical (unpaired) electrons. The molecule has 0 unspecified atom stereocenters. The SMILES string of the molecule is COc1cnc(Cl)cc1-c1cc(C)ncc1C(=O)Nc1nc2c(s1)CN(C(=O)c1cccc(C#N)n1)C2. The van der Waals surface area contributed by atoms with Crippen LogP contribution in [0.25, 0.3) is 11.1 Å². The van der Waals surface area contributed by atoms with Crippen molar-refractivity contribution in [3.05, 3.63) is 81.1 Å². The highest BCUT2D eigenvalue weighted by atomic mass is 35.5. The van der Waals surface area contributed by atoms with Crippen molar-refractivity contribution in [3.63, 3.8) is 0 Å². The van der Waals surface area contributed by atoms with Crippen LogP contribution in [0.4, 0.5) is 5.13 Å². The summed E-state index contributed by atoms with van der Waals surface area (Å²) < 4.78 is 5.43. The van der Waals surface area contributed by atoms with Gasteiger partial charge < -0.3 is 9.64 Å².